The Kier molecular flexibility index (Phi) is 8.05. The Morgan fingerprint density at radius 2 is 2.03 bits per heavy atom. The van der Waals surface area contributed by atoms with Crippen LogP contribution in [0.3, 0.4) is 0 Å². The number of aliphatic hydroxyl groups is 2. The van der Waals surface area contributed by atoms with E-state index in [0.29, 0.717) is 25.9 Å². The van der Waals surface area contributed by atoms with Crippen molar-refractivity contribution in [1.29, 1.82) is 0 Å². The summed E-state index contributed by atoms with van der Waals surface area (Å²) in [4.78, 5) is 30.2. The van der Waals surface area contributed by atoms with Gasteiger partial charge in [0.05, 0.1) is 30.1 Å². The van der Waals surface area contributed by atoms with Crippen LogP contribution in [0.15, 0.2) is 17.6 Å². The van der Waals surface area contributed by atoms with E-state index in [1.165, 1.54) is 13.0 Å². The molecule has 0 spiro atoms. The largest absolute Gasteiger partial charge is 0.457 e. The fourth-order valence-electron chi connectivity index (χ4n) is 7.20. The number of hydrogen-bond donors (Lipinski definition) is 3. The van der Waals surface area contributed by atoms with Gasteiger partial charge in [0.2, 0.25) is 0 Å². The summed E-state index contributed by atoms with van der Waals surface area (Å²) in [6, 6.07) is 0. The van der Waals surface area contributed by atoms with E-state index in [9.17, 15) is 19.8 Å². The number of esters is 1. The van der Waals surface area contributed by atoms with Crippen molar-refractivity contribution in [2.45, 2.75) is 95.9 Å². The fourth-order valence-corrected chi connectivity index (χ4v) is 7.30. The summed E-state index contributed by atoms with van der Waals surface area (Å²) < 4.78 is 18.7. The highest BCUT2D eigenvalue weighted by atomic mass is 32.1. The van der Waals surface area contributed by atoms with Crippen molar-refractivity contribution in [3.8, 4) is 0 Å². The number of aliphatic imine (C=N–C) groups is 1. The highest BCUT2D eigenvalue weighted by molar-refractivity contribution is 7.78. The minimum atomic E-state index is -2.16. The summed E-state index contributed by atoms with van der Waals surface area (Å²) in [7, 11) is 0. The van der Waals surface area contributed by atoms with Crippen LogP contribution in [0.4, 0.5) is 0 Å². The Morgan fingerprint density at radius 1 is 1.36 bits per heavy atom. The van der Waals surface area contributed by atoms with Gasteiger partial charge in [-0.1, -0.05) is 26.8 Å². The van der Waals surface area contributed by atoms with Gasteiger partial charge in [0.15, 0.2) is 17.5 Å². The second-order valence-corrected chi connectivity index (χ2v) is 11.8. The number of aliphatic hydroxyl groups excluding tert-OH is 1. The number of nitrogens with zero attached hydrogens (tertiary/aromatic N) is 1. The number of nitrogens with one attached hydrogen (secondary N) is 1. The lowest BCUT2D eigenvalue weighted by atomic mass is 9.39. The topological polar surface area (TPSA) is 127 Å². The van der Waals surface area contributed by atoms with Crippen LogP contribution in [0, 0.1) is 16.7 Å². The van der Waals surface area contributed by atoms with Crippen LogP contribution in [0.1, 0.15) is 60.8 Å². The minimum Gasteiger partial charge on any atom is -0.457 e. The molecular formula is C26H40N2O7S. The Labute approximate surface area is 218 Å². The third-order valence-corrected chi connectivity index (χ3v) is 8.97. The number of hydrogen-bond acceptors (Lipinski definition) is 10. The molecule has 9 nitrogen and oxygen atoms in total. The molecule has 36 heavy (non-hydrogen) atoms. The molecule has 202 valence electrons. The first-order valence-electron chi connectivity index (χ1n) is 12.5. The predicted octanol–water partition coefficient (Wildman–Crippen LogP) is 2.19. The van der Waals surface area contributed by atoms with Crippen LogP contribution in [-0.2, 0) is 23.8 Å². The van der Waals surface area contributed by atoms with E-state index in [1.54, 1.807) is 20.8 Å². The second kappa shape index (κ2) is 9.98. The molecule has 0 aromatic rings. The molecule has 10 heteroatoms. The lowest BCUT2D eigenvalue weighted by molar-refractivity contribution is -0.374. The molecule has 1 heterocycles. The molecule has 3 aliphatic rings. The van der Waals surface area contributed by atoms with Gasteiger partial charge in [-0.3, -0.25) is 14.9 Å². The average molecular weight is 525 g/mol. The van der Waals surface area contributed by atoms with Crippen molar-refractivity contribution in [2.75, 3.05) is 19.8 Å². The molecule has 8 atom stereocenters. The summed E-state index contributed by atoms with van der Waals surface area (Å²) in [5.74, 6) is -1.63. The van der Waals surface area contributed by atoms with E-state index in [4.69, 9.17) is 14.2 Å². The molecule has 1 aliphatic heterocycles. The number of fused-ring (bicyclic) bond motifs is 3. The van der Waals surface area contributed by atoms with E-state index in [2.05, 4.69) is 34.3 Å². The van der Waals surface area contributed by atoms with Gasteiger partial charge in [0.25, 0.3) is 0 Å². The predicted molar refractivity (Wildman–Crippen MR) is 136 cm³/mol. The van der Waals surface area contributed by atoms with Crippen LogP contribution in [-0.4, -0.2) is 82.1 Å². The smallest absolute Gasteiger partial charge is 0.303 e. The summed E-state index contributed by atoms with van der Waals surface area (Å²) >= 11 is 4.60. The second-order valence-electron chi connectivity index (χ2n) is 11.6. The number of ether oxygens (including phenoxy) is 3. The number of ketones is 1. The molecule has 0 aromatic heterocycles. The number of carbonyl (C=O) groups is 2. The molecule has 3 N–H and O–H groups in total. The van der Waals surface area contributed by atoms with Gasteiger partial charge in [-0.2, -0.15) is 0 Å². The Hall–Kier alpha value is -1.52. The normalized spacial score (nSPS) is 43.5. The number of Topliss-reactive ketones (excluding diaryl/α,β-unsaturated/α-hetero) is 1. The van der Waals surface area contributed by atoms with Crippen molar-refractivity contribution in [3.63, 3.8) is 0 Å². The minimum absolute atomic E-state index is 0.0787. The molecule has 0 bridgehead atoms. The van der Waals surface area contributed by atoms with Crippen LogP contribution in [0.25, 0.3) is 0 Å². The molecule has 0 unspecified atom stereocenters. The lowest BCUT2D eigenvalue weighted by Crippen LogP contribution is -2.87. The molecular weight excluding hydrogens is 484 g/mol. The molecule has 3 rings (SSSR count). The standard InChI is InChI=1S/C26H40N2O7S/c1-8-23(5)13-18(31)26(32)24(6)17(30)9-10-22(3,4)20(24)19(33-14-27-11-12-28-15-36)21(34-16(2)29)25(26,7)35-23/h8,17,19-21,27,30,32H,1,9-14H2,2-7H3/t17-,19-,20-,21-,23-,24-,25+,26-/m0/s1. The first-order valence-corrected chi connectivity index (χ1v) is 12.9. The van der Waals surface area contributed by atoms with Crippen LogP contribution in [0.5, 0.6) is 0 Å². The number of isothiocyanates is 1. The van der Waals surface area contributed by atoms with E-state index in [-0.39, 0.29) is 13.2 Å². The molecule has 3 fully saturated rings. The Morgan fingerprint density at radius 3 is 2.61 bits per heavy atom. The fraction of sp³-hybridized carbons (Fsp3) is 0.808. The summed E-state index contributed by atoms with van der Waals surface area (Å²) in [6.45, 7) is 15.2. The number of thiocarbonyl (C=S) groups is 1. The Bertz CT molecular complexity index is 953. The zero-order valence-corrected chi connectivity index (χ0v) is 22.9. The molecule has 2 saturated carbocycles. The maximum absolute atomic E-state index is 13.9. The highest BCUT2D eigenvalue weighted by Crippen LogP contribution is 2.67. The van der Waals surface area contributed by atoms with Crippen LogP contribution < -0.4 is 5.32 Å². The monoisotopic (exact) mass is 524 g/mol. The zero-order chi connectivity index (χ0) is 27.2. The SMILES string of the molecule is C=C[C@@]1(C)CC(=O)[C@]2(O)[C@@]3(C)[C@@H](O)CCC(C)(C)[C@@H]3[C@H](OCNCCN=C=S)[C@H](OC(C)=O)[C@@]2(C)O1. The van der Waals surface area contributed by atoms with Gasteiger partial charge in [-0.15, -0.1) is 6.58 Å². The molecule has 2 aliphatic carbocycles. The molecule has 1 saturated heterocycles. The van der Waals surface area contributed by atoms with Crippen molar-refractivity contribution >= 4 is 29.1 Å². The molecule has 0 radical (unpaired) electrons. The highest BCUT2D eigenvalue weighted by Gasteiger charge is 2.81. The average Bonchev–Trinajstić information content (AvgIpc) is 2.78. The van der Waals surface area contributed by atoms with Crippen molar-refractivity contribution < 1.29 is 34.0 Å². The first-order chi connectivity index (χ1) is 16.6. The lowest BCUT2D eigenvalue weighted by Gasteiger charge is -2.71. The van der Waals surface area contributed by atoms with Gasteiger partial charge >= 0.3 is 5.97 Å². The molecule has 0 amide bonds. The number of rotatable bonds is 8. The third kappa shape index (κ3) is 4.30. The van der Waals surface area contributed by atoms with Gasteiger partial charge in [-0.25, -0.2) is 4.99 Å². The summed E-state index contributed by atoms with van der Waals surface area (Å²) in [5.41, 5.74) is -6.84. The summed E-state index contributed by atoms with van der Waals surface area (Å²) in [6.07, 6.45) is -0.562. The van der Waals surface area contributed by atoms with Crippen molar-refractivity contribution in [2.24, 2.45) is 21.7 Å². The Balaban J connectivity index is 2.20. The molecule has 0 aromatic carbocycles. The zero-order valence-electron chi connectivity index (χ0n) is 22.1. The van der Waals surface area contributed by atoms with E-state index < -0.39 is 63.6 Å². The summed E-state index contributed by atoms with van der Waals surface area (Å²) in [5, 5.41) is 29.4. The van der Waals surface area contributed by atoms with Crippen molar-refractivity contribution in [3.05, 3.63) is 12.7 Å². The maximum atomic E-state index is 13.9. The van der Waals surface area contributed by atoms with Gasteiger partial charge < -0.3 is 24.4 Å². The quantitative estimate of drug-likeness (QED) is 0.109. The van der Waals surface area contributed by atoms with Gasteiger partial charge in [0, 0.05) is 31.2 Å². The van der Waals surface area contributed by atoms with Crippen LogP contribution >= 0.6 is 12.2 Å². The third-order valence-electron chi connectivity index (χ3n) is 8.84. The van der Waals surface area contributed by atoms with E-state index in [1.807, 2.05) is 13.8 Å². The maximum Gasteiger partial charge on any atom is 0.303 e. The first kappa shape index (κ1) is 29.0. The van der Waals surface area contributed by atoms with Gasteiger partial charge in [0.1, 0.15) is 11.7 Å². The van der Waals surface area contributed by atoms with Crippen LogP contribution in [0.2, 0.25) is 0 Å². The van der Waals surface area contributed by atoms with Crippen molar-refractivity contribution in [1.82, 2.24) is 5.32 Å². The van der Waals surface area contributed by atoms with E-state index >= 15 is 0 Å². The number of carbonyl (C=O) groups excluding carboxylic acids is 2. The van der Waals surface area contributed by atoms with E-state index in [0.717, 1.165) is 0 Å². The van der Waals surface area contributed by atoms with Gasteiger partial charge in [-0.05, 0) is 44.3 Å².